The number of amides is 1. The third-order valence-electron chi connectivity index (χ3n) is 3.92. The minimum absolute atomic E-state index is 0.0571. The van der Waals surface area contributed by atoms with Crippen molar-refractivity contribution in [1.82, 2.24) is 4.57 Å². The van der Waals surface area contributed by atoms with Crippen molar-refractivity contribution in [2.45, 2.75) is 26.0 Å². The highest BCUT2D eigenvalue weighted by atomic mass is 35.5. The van der Waals surface area contributed by atoms with Crippen LogP contribution in [0, 0.1) is 6.92 Å². The van der Waals surface area contributed by atoms with E-state index in [1.165, 1.54) is 11.3 Å². The van der Waals surface area contributed by atoms with Gasteiger partial charge in [-0.05, 0) is 25.1 Å². The molecule has 1 saturated heterocycles. The standard InChI is InChI=1S/C18H21ClN2O4S/c1-12-10-21(6-8-23-2)18(26-12)20-17(22)15-9-13(19)3-4-16(15)25-14-5-7-24-11-14/h3-4,9-10,14H,5-8,11H2,1-2H3. The Balaban J connectivity index is 1.91. The van der Waals surface area contributed by atoms with E-state index in [0.29, 0.717) is 47.5 Å². The van der Waals surface area contributed by atoms with Crippen molar-refractivity contribution in [1.29, 1.82) is 0 Å². The van der Waals surface area contributed by atoms with Gasteiger partial charge in [0.2, 0.25) is 0 Å². The molecule has 6 nitrogen and oxygen atoms in total. The van der Waals surface area contributed by atoms with Crippen LogP contribution >= 0.6 is 22.9 Å². The number of ether oxygens (including phenoxy) is 3. The Labute approximate surface area is 161 Å². The minimum Gasteiger partial charge on any atom is -0.487 e. The van der Waals surface area contributed by atoms with Crippen molar-refractivity contribution in [2.24, 2.45) is 4.99 Å². The Morgan fingerprint density at radius 1 is 1.50 bits per heavy atom. The summed E-state index contributed by atoms with van der Waals surface area (Å²) in [7, 11) is 1.64. The lowest BCUT2D eigenvalue weighted by molar-refractivity contribution is 0.0986. The fraction of sp³-hybridized carbons (Fsp3) is 0.444. The molecule has 1 aliphatic heterocycles. The van der Waals surface area contributed by atoms with Crippen molar-refractivity contribution in [2.75, 3.05) is 26.9 Å². The Kier molecular flexibility index (Phi) is 6.48. The zero-order chi connectivity index (χ0) is 18.5. The summed E-state index contributed by atoms with van der Waals surface area (Å²) in [6, 6.07) is 5.01. The highest BCUT2D eigenvalue weighted by Gasteiger charge is 2.21. The van der Waals surface area contributed by atoms with E-state index in [2.05, 4.69) is 4.99 Å². The summed E-state index contributed by atoms with van der Waals surface area (Å²) in [6.45, 7) is 4.34. The van der Waals surface area contributed by atoms with Gasteiger partial charge in [0.1, 0.15) is 11.9 Å². The minimum atomic E-state index is -0.380. The summed E-state index contributed by atoms with van der Waals surface area (Å²) in [6.07, 6.45) is 2.70. The highest BCUT2D eigenvalue weighted by Crippen LogP contribution is 2.26. The van der Waals surface area contributed by atoms with Crippen molar-refractivity contribution in [3.8, 4) is 5.75 Å². The quantitative estimate of drug-likeness (QED) is 0.752. The van der Waals surface area contributed by atoms with Gasteiger partial charge in [-0.1, -0.05) is 11.6 Å². The van der Waals surface area contributed by atoms with Crippen LogP contribution in [0.3, 0.4) is 0 Å². The van der Waals surface area contributed by atoms with Crippen molar-refractivity contribution < 1.29 is 19.0 Å². The molecule has 1 atom stereocenters. The van der Waals surface area contributed by atoms with Crippen LogP contribution in [0.5, 0.6) is 5.75 Å². The van der Waals surface area contributed by atoms with Crippen LogP contribution in [0.15, 0.2) is 29.4 Å². The number of aryl methyl sites for hydroxylation is 1. The molecule has 0 bridgehead atoms. The van der Waals surface area contributed by atoms with Crippen LogP contribution in [0.1, 0.15) is 21.7 Å². The maximum absolute atomic E-state index is 12.8. The van der Waals surface area contributed by atoms with E-state index in [0.717, 1.165) is 11.3 Å². The van der Waals surface area contributed by atoms with Gasteiger partial charge < -0.3 is 18.8 Å². The lowest BCUT2D eigenvalue weighted by Gasteiger charge is -2.14. The summed E-state index contributed by atoms with van der Waals surface area (Å²) < 4.78 is 18.3. The molecule has 1 aromatic carbocycles. The molecule has 0 spiro atoms. The summed E-state index contributed by atoms with van der Waals surface area (Å²) in [5, 5.41) is 0.466. The van der Waals surface area contributed by atoms with E-state index in [9.17, 15) is 4.79 Å². The number of aromatic nitrogens is 1. The number of halogens is 1. The van der Waals surface area contributed by atoms with E-state index in [-0.39, 0.29) is 12.0 Å². The Morgan fingerprint density at radius 3 is 3.08 bits per heavy atom. The van der Waals surface area contributed by atoms with Gasteiger partial charge in [0.25, 0.3) is 5.91 Å². The number of methoxy groups -OCH3 is 1. The van der Waals surface area contributed by atoms with Gasteiger partial charge in [0, 0.05) is 36.2 Å². The van der Waals surface area contributed by atoms with Gasteiger partial charge in [0.05, 0.1) is 25.4 Å². The first kappa shape index (κ1) is 19.1. The van der Waals surface area contributed by atoms with Crippen molar-refractivity contribution in [3.05, 3.63) is 44.7 Å². The number of benzene rings is 1. The molecule has 0 N–H and O–H groups in total. The van der Waals surface area contributed by atoms with Crippen molar-refractivity contribution in [3.63, 3.8) is 0 Å². The summed E-state index contributed by atoms with van der Waals surface area (Å²) in [5.74, 6) is 0.102. The molecule has 1 aliphatic rings. The molecule has 2 heterocycles. The molecule has 0 radical (unpaired) electrons. The number of rotatable bonds is 6. The molecule has 1 aromatic heterocycles. The topological polar surface area (TPSA) is 62.1 Å². The highest BCUT2D eigenvalue weighted by molar-refractivity contribution is 7.09. The van der Waals surface area contributed by atoms with E-state index in [1.54, 1.807) is 25.3 Å². The first-order valence-corrected chi connectivity index (χ1v) is 9.55. The largest absolute Gasteiger partial charge is 0.487 e. The monoisotopic (exact) mass is 396 g/mol. The molecular formula is C18H21ClN2O4S. The van der Waals surface area contributed by atoms with Crippen LogP contribution in [0.4, 0.5) is 0 Å². The molecule has 140 valence electrons. The van der Waals surface area contributed by atoms with Crippen LogP contribution in [0.25, 0.3) is 0 Å². The Hall–Kier alpha value is -1.67. The van der Waals surface area contributed by atoms with E-state index in [4.69, 9.17) is 25.8 Å². The molecule has 26 heavy (non-hydrogen) atoms. The SMILES string of the molecule is COCCn1cc(C)sc1=NC(=O)c1cc(Cl)ccc1OC1CCOC1. The molecule has 3 rings (SSSR count). The van der Waals surface area contributed by atoms with Gasteiger partial charge in [-0.25, -0.2) is 0 Å². The third-order valence-corrected chi connectivity index (χ3v) is 5.09. The van der Waals surface area contributed by atoms with Crippen LogP contribution in [-0.2, 0) is 16.0 Å². The van der Waals surface area contributed by atoms with Gasteiger partial charge in [-0.3, -0.25) is 4.79 Å². The molecule has 1 unspecified atom stereocenters. The second-order valence-electron chi connectivity index (χ2n) is 5.97. The maximum atomic E-state index is 12.8. The first-order chi connectivity index (χ1) is 12.6. The smallest absolute Gasteiger partial charge is 0.283 e. The zero-order valence-electron chi connectivity index (χ0n) is 14.7. The molecule has 8 heteroatoms. The van der Waals surface area contributed by atoms with Gasteiger partial charge in [0.15, 0.2) is 4.80 Å². The Bertz CT molecular complexity index is 840. The summed E-state index contributed by atoms with van der Waals surface area (Å²) in [5.41, 5.74) is 0.355. The average molecular weight is 397 g/mol. The second kappa shape index (κ2) is 8.81. The van der Waals surface area contributed by atoms with E-state index in [1.807, 2.05) is 17.7 Å². The molecule has 0 saturated carbocycles. The summed E-state index contributed by atoms with van der Waals surface area (Å²) in [4.78, 5) is 18.8. The van der Waals surface area contributed by atoms with Gasteiger partial charge in [-0.2, -0.15) is 4.99 Å². The number of carbonyl (C=O) groups excluding carboxylic acids is 1. The number of thiazole rings is 1. The van der Waals surface area contributed by atoms with Gasteiger partial charge in [-0.15, -0.1) is 11.3 Å². The molecule has 2 aromatic rings. The first-order valence-electron chi connectivity index (χ1n) is 8.35. The molecular weight excluding hydrogens is 376 g/mol. The van der Waals surface area contributed by atoms with Crippen LogP contribution in [0.2, 0.25) is 5.02 Å². The second-order valence-corrected chi connectivity index (χ2v) is 7.62. The van der Waals surface area contributed by atoms with Gasteiger partial charge >= 0.3 is 0 Å². The fourth-order valence-electron chi connectivity index (χ4n) is 2.65. The number of carbonyl (C=O) groups is 1. The predicted molar refractivity (Wildman–Crippen MR) is 100 cm³/mol. The molecule has 1 fully saturated rings. The average Bonchev–Trinajstić information content (AvgIpc) is 3.24. The number of hydrogen-bond donors (Lipinski definition) is 0. The predicted octanol–water partition coefficient (Wildman–Crippen LogP) is 3.07. The van der Waals surface area contributed by atoms with E-state index >= 15 is 0 Å². The lowest BCUT2D eigenvalue weighted by atomic mass is 10.2. The van der Waals surface area contributed by atoms with Crippen LogP contribution < -0.4 is 9.54 Å². The molecule has 1 amide bonds. The zero-order valence-corrected chi connectivity index (χ0v) is 16.3. The molecule has 0 aliphatic carbocycles. The maximum Gasteiger partial charge on any atom is 0.283 e. The number of hydrogen-bond acceptors (Lipinski definition) is 5. The Morgan fingerprint density at radius 2 is 2.35 bits per heavy atom. The van der Waals surface area contributed by atoms with E-state index < -0.39 is 0 Å². The third kappa shape index (κ3) is 4.73. The normalized spacial score (nSPS) is 17.7. The number of nitrogens with zero attached hydrogens (tertiary/aromatic N) is 2. The van der Waals surface area contributed by atoms with Crippen LogP contribution in [-0.4, -0.2) is 43.5 Å². The lowest BCUT2D eigenvalue weighted by Crippen LogP contribution is -2.20. The van der Waals surface area contributed by atoms with Crippen molar-refractivity contribution >= 4 is 28.8 Å². The summed E-state index contributed by atoms with van der Waals surface area (Å²) >= 11 is 7.55. The fourth-order valence-corrected chi connectivity index (χ4v) is 3.67.